The van der Waals surface area contributed by atoms with Gasteiger partial charge in [0.2, 0.25) is 5.89 Å². The van der Waals surface area contributed by atoms with Gasteiger partial charge in [-0.3, -0.25) is 0 Å². The number of fused-ring (bicyclic) bond motifs is 1. The molecule has 0 aliphatic carbocycles. The molecule has 0 saturated heterocycles. The molecule has 0 spiro atoms. The van der Waals surface area contributed by atoms with Crippen molar-refractivity contribution < 1.29 is 8.81 Å². The highest BCUT2D eigenvalue weighted by Gasteiger charge is 2.12. The predicted octanol–water partition coefficient (Wildman–Crippen LogP) is 3.70. The third kappa shape index (κ3) is 2.06. The van der Waals surface area contributed by atoms with Crippen molar-refractivity contribution in [2.24, 2.45) is 0 Å². The van der Waals surface area contributed by atoms with Crippen molar-refractivity contribution in [2.45, 2.75) is 6.42 Å². The van der Waals surface area contributed by atoms with E-state index in [1.165, 1.54) is 6.07 Å². The fourth-order valence-corrected chi connectivity index (χ4v) is 1.92. The van der Waals surface area contributed by atoms with E-state index in [4.69, 9.17) is 9.68 Å². The fraction of sp³-hybridized carbons (Fsp3) is 0.0667. The molecule has 92 valence electrons. The normalized spacial score (nSPS) is 10.5. The first-order chi connectivity index (χ1) is 9.28. The zero-order chi connectivity index (χ0) is 13.2. The van der Waals surface area contributed by atoms with E-state index >= 15 is 0 Å². The van der Waals surface area contributed by atoms with Crippen LogP contribution in [0.2, 0.25) is 0 Å². The van der Waals surface area contributed by atoms with Gasteiger partial charge in [0.05, 0.1) is 18.1 Å². The molecule has 0 atom stereocenters. The standard InChI is InChI=1S/C15H9FN2O/c16-12-4-2-1-3-11(12)15-18-13-9-10(7-8-17)5-6-14(13)19-15/h1-6,9H,7H2. The van der Waals surface area contributed by atoms with Gasteiger partial charge >= 0.3 is 0 Å². The number of aromatic nitrogens is 1. The maximum atomic E-state index is 13.7. The minimum absolute atomic E-state index is 0.252. The molecule has 0 bridgehead atoms. The lowest BCUT2D eigenvalue weighted by molar-refractivity contribution is 0.593. The van der Waals surface area contributed by atoms with Crippen LogP contribution >= 0.6 is 0 Å². The summed E-state index contributed by atoms with van der Waals surface area (Å²) in [6, 6.07) is 13.8. The van der Waals surface area contributed by atoms with Crippen LogP contribution in [0.3, 0.4) is 0 Å². The van der Waals surface area contributed by atoms with E-state index in [9.17, 15) is 4.39 Å². The highest BCUT2D eigenvalue weighted by molar-refractivity contribution is 5.77. The Morgan fingerprint density at radius 3 is 2.84 bits per heavy atom. The maximum Gasteiger partial charge on any atom is 0.230 e. The Hall–Kier alpha value is -2.67. The molecule has 3 rings (SSSR count). The minimum Gasteiger partial charge on any atom is -0.436 e. The average Bonchev–Trinajstić information content (AvgIpc) is 2.82. The van der Waals surface area contributed by atoms with E-state index < -0.39 is 0 Å². The summed E-state index contributed by atoms with van der Waals surface area (Å²) in [6.07, 6.45) is 0.317. The van der Waals surface area contributed by atoms with Crippen LogP contribution in [0.5, 0.6) is 0 Å². The summed E-state index contributed by atoms with van der Waals surface area (Å²) >= 11 is 0. The molecule has 0 aliphatic heterocycles. The molecule has 3 nitrogen and oxygen atoms in total. The molecular weight excluding hydrogens is 243 g/mol. The quantitative estimate of drug-likeness (QED) is 0.698. The third-order valence-electron chi connectivity index (χ3n) is 2.84. The van der Waals surface area contributed by atoms with E-state index in [1.54, 1.807) is 30.3 Å². The number of hydrogen-bond acceptors (Lipinski definition) is 3. The van der Waals surface area contributed by atoms with Crippen molar-refractivity contribution in [1.29, 1.82) is 5.26 Å². The molecule has 0 radical (unpaired) electrons. The smallest absolute Gasteiger partial charge is 0.230 e. The second-order valence-electron chi connectivity index (χ2n) is 4.14. The Labute approximate surface area is 108 Å². The molecule has 4 heteroatoms. The molecule has 19 heavy (non-hydrogen) atoms. The largest absolute Gasteiger partial charge is 0.436 e. The Morgan fingerprint density at radius 2 is 2.05 bits per heavy atom. The monoisotopic (exact) mass is 252 g/mol. The lowest BCUT2D eigenvalue weighted by atomic mass is 10.1. The molecule has 1 aromatic heterocycles. The number of halogens is 1. The van der Waals surface area contributed by atoms with Gasteiger partial charge in [0, 0.05) is 0 Å². The Balaban J connectivity index is 2.12. The van der Waals surface area contributed by atoms with Crippen LogP contribution in [0.4, 0.5) is 4.39 Å². The highest BCUT2D eigenvalue weighted by Crippen LogP contribution is 2.26. The van der Waals surface area contributed by atoms with Crippen LogP contribution in [-0.2, 0) is 6.42 Å². The SMILES string of the molecule is N#CCc1ccc2oc(-c3ccccc3F)nc2c1. The van der Waals surface area contributed by atoms with Crippen molar-refractivity contribution in [3.8, 4) is 17.5 Å². The number of oxazole rings is 1. The van der Waals surface area contributed by atoms with Crippen molar-refractivity contribution in [2.75, 3.05) is 0 Å². The van der Waals surface area contributed by atoms with Crippen LogP contribution in [0.1, 0.15) is 5.56 Å². The van der Waals surface area contributed by atoms with Crippen molar-refractivity contribution in [1.82, 2.24) is 4.98 Å². The van der Waals surface area contributed by atoms with Crippen LogP contribution in [-0.4, -0.2) is 4.98 Å². The van der Waals surface area contributed by atoms with Crippen LogP contribution in [0.25, 0.3) is 22.6 Å². The van der Waals surface area contributed by atoms with Gasteiger partial charge in [-0.2, -0.15) is 5.26 Å². The summed E-state index contributed by atoms with van der Waals surface area (Å²) in [5.74, 6) is -0.117. The van der Waals surface area contributed by atoms with E-state index in [-0.39, 0.29) is 11.7 Å². The Kier molecular flexibility index (Phi) is 2.73. The zero-order valence-corrected chi connectivity index (χ0v) is 9.93. The molecule has 0 unspecified atom stereocenters. The first kappa shape index (κ1) is 11.4. The van der Waals surface area contributed by atoms with Crippen LogP contribution in [0.15, 0.2) is 46.9 Å². The molecule has 0 N–H and O–H groups in total. The second-order valence-corrected chi connectivity index (χ2v) is 4.14. The van der Waals surface area contributed by atoms with E-state index in [2.05, 4.69) is 11.1 Å². The molecule has 3 aromatic rings. The number of nitrogens with zero attached hydrogens (tertiary/aromatic N) is 2. The lowest BCUT2D eigenvalue weighted by Gasteiger charge is -1.95. The van der Waals surface area contributed by atoms with Gasteiger partial charge in [0.1, 0.15) is 11.3 Å². The van der Waals surface area contributed by atoms with Crippen LogP contribution < -0.4 is 0 Å². The van der Waals surface area contributed by atoms with E-state index in [0.717, 1.165) is 5.56 Å². The fourth-order valence-electron chi connectivity index (χ4n) is 1.92. The summed E-state index contributed by atoms with van der Waals surface area (Å²) in [6.45, 7) is 0. The number of rotatable bonds is 2. The third-order valence-corrected chi connectivity index (χ3v) is 2.84. The van der Waals surface area contributed by atoms with Gasteiger partial charge in [-0.15, -0.1) is 0 Å². The van der Waals surface area contributed by atoms with Crippen molar-refractivity contribution in [3.63, 3.8) is 0 Å². The molecular formula is C15H9FN2O. The molecule has 0 saturated carbocycles. The van der Waals surface area contributed by atoms with E-state index in [1.807, 2.05) is 6.07 Å². The predicted molar refractivity (Wildman–Crippen MR) is 68.7 cm³/mol. The molecule has 1 heterocycles. The van der Waals surface area contributed by atoms with Crippen molar-refractivity contribution >= 4 is 11.1 Å². The topological polar surface area (TPSA) is 49.8 Å². The van der Waals surface area contributed by atoms with Gasteiger partial charge in [0.25, 0.3) is 0 Å². The Morgan fingerprint density at radius 1 is 1.21 bits per heavy atom. The first-order valence-electron chi connectivity index (χ1n) is 5.79. The lowest BCUT2D eigenvalue weighted by Crippen LogP contribution is -1.83. The van der Waals surface area contributed by atoms with Gasteiger partial charge in [-0.1, -0.05) is 18.2 Å². The number of nitriles is 1. The summed E-state index contributed by atoms with van der Waals surface area (Å²) in [5, 5.41) is 8.67. The molecule has 0 aliphatic rings. The molecule has 2 aromatic carbocycles. The minimum atomic E-state index is -0.369. The number of benzene rings is 2. The van der Waals surface area contributed by atoms with Gasteiger partial charge in [-0.05, 0) is 29.8 Å². The van der Waals surface area contributed by atoms with Gasteiger partial charge in [0.15, 0.2) is 5.58 Å². The molecule has 0 amide bonds. The summed E-state index contributed by atoms with van der Waals surface area (Å²) in [4.78, 5) is 4.27. The Bertz CT molecular complexity index is 786. The number of hydrogen-bond donors (Lipinski definition) is 0. The average molecular weight is 252 g/mol. The summed E-state index contributed by atoms with van der Waals surface area (Å²) in [7, 11) is 0. The van der Waals surface area contributed by atoms with Crippen molar-refractivity contribution in [3.05, 3.63) is 53.8 Å². The van der Waals surface area contributed by atoms with Crippen LogP contribution in [0, 0.1) is 17.1 Å². The van der Waals surface area contributed by atoms with E-state index in [0.29, 0.717) is 23.1 Å². The zero-order valence-electron chi connectivity index (χ0n) is 9.93. The van der Waals surface area contributed by atoms with Gasteiger partial charge < -0.3 is 4.42 Å². The highest BCUT2D eigenvalue weighted by atomic mass is 19.1. The maximum absolute atomic E-state index is 13.7. The molecule has 0 fully saturated rings. The summed E-state index contributed by atoms with van der Waals surface area (Å²) < 4.78 is 19.2. The second kappa shape index (κ2) is 4.54. The first-order valence-corrected chi connectivity index (χ1v) is 5.79. The van der Waals surface area contributed by atoms with Gasteiger partial charge in [-0.25, -0.2) is 9.37 Å². The summed E-state index contributed by atoms with van der Waals surface area (Å²) in [5.41, 5.74) is 2.41.